The van der Waals surface area contributed by atoms with Gasteiger partial charge in [-0.3, -0.25) is 4.79 Å². The first-order chi connectivity index (χ1) is 15.3. The van der Waals surface area contributed by atoms with Gasteiger partial charge in [0.2, 0.25) is 0 Å². The molecule has 2 amide bonds. The normalized spacial score (nSPS) is 18.4. The second kappa shape index (κ2) is 8.03. The van der Waals surface area contributed by atoms with Crippen molar-refractivity contribution in [2.45, 2.75) is 45.4 Å². The van der Waals surface area contributed by atoms with Gasteiger partial charge in [0.05, 0.1) is 21.3 Å². The molecular formula is C22H27F3N4O3S. The van der Waals surface area contributed by atoms with Crippen LogP contribution < -0.4 is 10.2 Å². The van der Waals surface area contributed by atoms with Gasteiger partial charge in [-0.05, 0) is 39.7 Å². The average molecular weight is 485 g/mol. The zero-order valence-corrected chi connectivity index (χ0v) is 19.8. The maximum Gasteiger partial charge on any atom is 0.417 e. The van der Waals surface area contributed by atoms with E-state index >= 15 is 0 Å². The highest BCUT2D eigenvalue weighted by Crippen LogP contribution is 2.45. The van der Waals surface area contributed by atoms with E-state index in [4.69, 9.17) is 4.74 Å². The lowest BCUT2D eigenvalue weighted by atomic mass is 9.72. The van der Waals surface area contributed by atoms with Crippen molar-refractivity contribution in [1.29, 1.82) is 0 Å². The molecule has 2 aliphatic heterocycles. The monoisotopic (exact) mass is 484 g/mol. The van der Waals surface area contributed by atoms with Crippen LogP contribution in [0.3, 0.4) is 0 Å². The van der Waals surface area contributed by atoms with Gasteiger partial charge < -0.3 is 19.9 Å². The van der Waals surface area contributed by atoms with Gasteiger partial charge in [-0.2, -0.15) is 13.2 Å². The minimum Gasteiger partial charge on any atom is -0.444 e. The molecule has 0 atom stereocenters. The molecule has 2 aromatic heterocycles. The fourth-order valence-electron chi connectivity index (χ4n) is 4.40. The van der Waals surface area contributed by atoms with Crippen molar-refractivity contribution >= 4 is 39.4 Å². The lowest BCUT2D eigenvalue weighted by molar-refractivity contribution is -0.136. The van der Waals surface area contributed by atoms with E-state index in [1.54, 1.807) is 4.90 Å². The van der Waals surface area contributed by atoms with Gasteiger partial charge in [0.1, 0.15) is 11.4 Å². The molecule has 0 unspecified atom stereocenters. The Hall–Kier alpha value is -2.56. The standard InChI is InChI=1S/C22H27F3N4O3S/c1-20(2,3)32-19(31)28-7-5-21(6-8-28)11-29(12-21)15-9-14(22(23,24)25)17-16(27-15)13(10-33-17)18(30)26-4/h9-10H,5-8,11-12H2,1-4H3,(H,26,30). The highest BCUT2D eigenvalue weighted by molar-refractivity contribution is 7.17. The van der Waals surface area contributed by atoms with E-state index < -0.39 is 23.2 Å². The second-order valence-electron chi connectivity index (χ2n) is 9.76. The van der Waals surface area contributed by atoms with Gasteiger partial charge in [0.25, 0.3) is 5.91 Å². The van der Waals surface area contributed by atoms with Crippen LogP contribution in [0.5, 0.6) is 0 Å². The Morgan fingerprint density at radius 2 is 1.82 bits per heavy atom. The Kier molecular flexibility index (Phi) is 5.74. The van der Waals surface area contributed by atoms with Gasteiger partial charge in [-0.15, -0.1) is 11.3 Å². The van der Waals surface area contributed by atoms with Crippen molar-refractivity contribution in [2.75, 3.05) is 38.1 Å². The number of carbonyl (C=O) groups excluding carboxylic acids is 2. The number of pyridine rings is 1. The number of hydrogen-bond acceptors (Lipinski definition) is 6. The fraction of sp³-hybridized carbons (Fsp3) is 0.591. The third-order valence-corrected chi connectivity index (χ3v) is 7.14. The van der Waals surface area contributed by atoms with E-state index in [-0.39, 0.29) is 33.1 Å². The average Bonchev–Trinajstić information content (AvgIpc) is 3.12. The Morgan fingerprint density at radius 3 is 2.36 bits per heavy atom. The summed E-state index contributed by atoms with van der Waals surface area (Å²) < 4.78 is 46.7. The molecule has 7 nitrogen and oxygen atoms in total. The molecule has 0 aliphatic carbocycles. The third-order valence-electron chi connectivity index (χ3n) is 6.14. The van der Waals surface area contributed by atoms with Gasteiger partial charge in [-0.1, -0.05) is 0 Å². The lowest BCUT2D eigenvalue weighted by Crippen LogP contribution is -2.61. The van der Waals surface area contributed by atoms with Crippen LogP contribution in [0.25, 0.3) is 10.2 Å². The quantitative estimate of drug-likeness (QED) is 0.679. The maximum atomic E-state index is 13.8. The Bertz CT molecular complexity index is 1080. The number of alkyl halides is 3. The van der Waals surface area contributed by atoms with E-state index in [2.05, 4.69) is 10.3 Å². The first kappa shape index (κ1) is 23.6. The molecule has 4 heterocycles. The summed E-state index contributed by atoms with van der Waals surface area (Å²) in [4.78, 5) is 32.4. The van der Waals surface area contributed by atoms with Crippen molar-refractivity contribution in [3.05, 3.63) is 22.6 Å². The van der Waals surface area contributed by atoms with Crippen LogP contribution in [-0.4, -0.2) is 60.7 Å². The Morgan fingerprint density at radius 1 is 1.18 bits per heavy atom. The zero-order valence-electron chi connectivity index (χ0n) is 19.0. The molecule has 2 saturated heterocycles. The largest absolute Gasteiger partial charge is 0.444 e. The molecular weight excluding hydrogens is 457 g/mol. The van der Waals surface area contributed by atoms with Crippen LogP contribution in [0.15, 0.2) is 11.4 Å². The van der Waals surface area contributed by atoms with Gasteiger partial charge in [0, 0.05) is 44.0 Å². The number of nitrogens with one attached hydrogen (secondary N) is 1. The first-order valence-electron chi connectivity index (χ1n) is 10.8. The molecule has 0 bridgehead atoms. The number of anilines is 1. The number of amides is 2. The van der Waals surface area contributed by atoms with E-state index in [0.717, 1.165) is 30.2 Å². The number of rotatable bonds is 2. The number of carbonyl (C=O) groups is 2. The van der Waals surface area contributed by atoms with Gasteiger partial charge in [0.15, 0.2) is 0 Å². The Balaban J connectivity index is 1.51. The molecule has 2 aromatic rings. The summed E-state index contributed by atoms with van der Waals surface area (Å²) in [7, 11) is 1.43. The number of fused-ring (bicyclic) bond motifs is 1. The van der Waals surface area contributed by atoms with E-state index in [0.29, 0.717) is 26.2 Å². The maximum absolute atomic E-state index is 13.8. The second-order valence-corrected chi connectivity index (χ2v) is 10.6. The first-order valence-corrected chi connectivity index (χ1v) is 11.6. The summed E-state index contributed by atoms with van der Waals surface area (Å²) in [6, 6.07) is 1.08. The van der Waals surface area contributed by atoms with E-state index in [9.17, 15) is 22.8 Å². The summed E-state index contributed by atoms with van der Waals surface area (Å²) in [6.45, 7) is 7.68. The summed E-state index contributed by atoms with van der Waals surface area (Å²) >= 11 is 0.874. The third kappa shape index (κ3) is 4.60. The molecule has 11 heteroatoms. The van der Waals surface area contributed by atoms with Crippen molar-refractivity contribution in [3.8, 4) is 0 Å². The summed E-state index contributed by atoms with van der Waals surface area (Å²) in [5.41, 5.74) is -1.18. The van der Waals surface area contributed by atoms with E-state index in [1.165, 1.54) is 12.4 Å². The molecule has 33 heavy (non-hydrogen) atoms. The van der Waals surface area contributed by atoms with Crippen molar-refractivity contribution < 1.29 is 27.5 Å². The van der Waals surface area contributed by atoms with Crippen LogP contribution in [0, 0.1) is 5.41 Å². The number of ether oxygens (including phenoxy) is 1. The van der Waals surface area contributed by atoms with Crippen LogP contribution in [0.1, 0.15) is 49.5 Å². The molecule has 2 fully saturated rings. The van der Waals surface area contributed by atoms with Crippen molar-refractivity contribution in [1.82, 2.24) is 15.2 Å². The van der Waals surface area contributed by atoms with Crippen LogP contribution in [-0.2, 0) is 10.9 Å². The minimum atomic E-state index is -4.55. The fourth-order valence-corrected chi connectivity index (χ4v) is 5.42. The predicted octanol–water partition coefficient (Wildman–Crippen LogP) is 4.51. The minimum absolute atomic E-state index is 0.0363. The summed E-state index contributed by atoms with van der Waals surface area (Å²) in [5, 5.41) is 3.87. The molecule has 0 aromatic carbocycles. The topological polar surface area (TPSA) is 74.8 Å². The van der Waals surface area contributed by atoms with Crippen LogP contribution in [0.2, 0.25) is 0 Å². The molecule has 1 spiro atoms. The molecule has 0 saturated carbocycles. The smallest absolute Gasteiger partial charge is 0.417 e. The van der Waals surface area contributed by atoms with Crippen LogP contribution >= 0.6 is 11.3 Å². The van der Waals surface area contributed by atoms with Crippen molar-refractivity contribution in [3.63, 3.8) is 0 Å². The number of thiophene rings is 1. The van der Waals surface area contributed by atoms with Gasteiger partial charge in [-0.25, -0.2) is 9.78 Å². The summed E-state index contributed by atoms with van der Waals surface area (Å²) in [6.07, 6.45) is -3.39. The lowest BCUT2D eigenvalue weighted by Gasteiger charge is -2.54. The zero-order chi connectivity index (χ0) is 24.2. The summed E-state index contributed by atoms with van der Waals surface area (Å²) in [5.74, 6) is -0.243. The number of hydrogen-bond donors (Lipinski definition) is 1. The number of nitrogens with zero attached hydrogens (tertiary/aromatic N) is 3. The molecule has 1 N–H and O–H groups in total. The number of likely N-dealkylation sites (tertiary alicyclic amines) is 1. The number of piperidine rings is 1. The number of halogens is 3. The molecule has 180 valence electrons. The van der Waals surface area contributed by atoms with Crippen molar-refractivity contribution in [2.24, 2.45) is 5.41 Å². The number of aromatic nitrogens is 1. The molecule has 4 rings (SSSR count). The predicted molar refractivity (Wildman–Crippen MR) is 120 cm³/mol. The highest BCUT2D eigenvalue weighted by atomic mass is 32.1. The molecule has 2 aliphatic rings. The van der Waals surface area contributed by atoms with Gasteiger partial charge >= 0.3 is 12.3 Å². The Labute approximate surface area is 193 Å². The van der Waals surface area contributed by atoms with E-state index in [1.807, 2.05) is 25.7 Å². The van der Waals surface area contributed by atoms with Crippen LogP contribution in [0.4, 0.5) is 23.8 Å². The molecule has 0 radical (unpaired) electrons. The SMILES string of the molecule is CNC(=O)c1csc2c(C(F)(F)F)cc(N3CC4(CCN(C(=O)OC(C)(C)C)CC4)C3)nc12. The highest BCUT2D eigenvalue weighted by Gasteiger charge is 2.47.